The molecule has 2 fully saturated rings. The van der Waals surface area contributed by atoms with Gasteiger partial charge in [0.1, 0.15) is 12.1 Å². The number of hydrazine groups is 1. The van der Waals surface area contributed by atoms with E-state index in [1.54, 1.807) is 24.3 Å². The molecule has 11 heteroatoms. The smallest absolute Gasteiger partial charge is 0.322 e. The van der Waals surface area contributed by atoms with E-state index < -0.39 is 23.4 Å². The molecule has 2 heterocycles. The van der Waals surface area contributed by atoms with Gasteiger partial charge in [0, 0.05) is 10.6 Å². The fourth-order valence-corrected chi connectivity index (χ4v) is 3.75. The predicted molar refractivity (Wildman–Crippen MR) is 102 cm³/mol. The fraction of sp³-hybridized carbons (Fsp3) is 0.444. The van der Waals surface area contributed by atoms with Crippen molar-refractivity contribution in [1.29, 1.82) is 0 Å². The van der Waals surface area contributed by atoms with Crippen LogP contribution in [0.15, 0.2) is 24.3 Å². The first-order chi connectivity index (χ1) is 13.9. The van der Waals surface area contributed by atoms with Crippen LogP contribution >= 0.6 is 11.6 Å². The number of hydrogen-bond donors (Lipinski definition) is 2. The zero-order chi connectivity index (χ0) is 20.6. The summed E-state index contributed by atoms with van der Waals surface area (Å²) in [6.07, 6.45) is 2.84. The lowest BCUT2D eigenvalue weighted by Crippen LogP contribution is -2.52. The lowest BCUT2D eigenvalue weighted by molar-refractivity contribution is -0.140. The highest BCUT2D eigenvalue weighted by atomic mass is 35.5. The Bertz CT molecular complexity index is 951. The van der Waals surface area contributed by atoms with Gasteiger partial charge in [-0.05, 0) is 61.1 Å². The quantitative estimate of drug-likeness (QED) is 0.727. The maximum atomic E-state index is 12.8. The van der Waals surface area contributed by atoms with Crippen molar-refractivity contribution in [1.82, 2.24) is 36.0 Å². The van der Waals surface area contributed by atoms with E-state index in [0.717, 1.165) is 22.6 Å². The zero-order valence-electron chi connectivity index (χ0n) is 15.8. The minimum atomic E-state index is -0.913. The van der Waals surface area contributed by atoms with Gasteiger partial charge in [-0.3, -0.25) is 15.0 Å². The summed E-state index contributed by atoms with van der Waals surface area (Å²) in [6, 6.07) is 6.25. The highest BCUT2D eigenvalue weighted by Crippen LogP contribution is 2.35. The van der Waals surface area contributed by atoms with Crippen LogP contribution in [0.1, 0.15) is 32.6 Å². The SMILES string of the molecule is CC1CCC2(CC1)NC(=O)N(NC(=O)Cn1nnc(-c3ccc(Cl)cc3)n1)C2=O. The van der Waals surface area contributed by atoms with Gasteiger partial charge in [0.05, 0.1) is 0 Å². The maximum Gasteiger partial charge on any atom is 0.344 e. The van der Waals surface area contributed by atoms with E-state index in [2.05, 4.69) is 33.1 Å². The molecule has 1 saturated heterocycles. The molecule has 0 unspecified atom stereocenters. The predicted octanol–water partition coefficient (Wildman–Crippen LogP) is 1.53. The number of halogens is 1. The summed E-state index contributed by atoms with van der Waals surface area (Å²) in [5.74, 6) is -0.173. The number of aromatic nitrogens is 4. The minimum Gasteiger partial charge on any atom is -0.322 e. The number of nitrogens with zero attached hydrogens (tertiary/aromatic N) is 5. The topological polar surface area (TPSA) is 122 Å². The molecule has 1 saturated carbocycles. The number of hydrogen-bond acceptors (Lipinski definition) is 6. The number of amides is 4. The Kier molecular flexibility index (Phi) is 4.95. The molecule has 1 aromatic carbocycles. The summed E-state index contributed by atoms with van der Waals surface area (Å²) in [6.45, 7) is 1.83. The third-order valence-corrected chi connectivity index (χ3v) is 5.62. The number of nitrogens with one attached hydrogen (secondary N) is 2. The van der Waals surface area contributed by atoms with E-state index in [1.165, 1.54) is 0 Å². The van der Waals surface area contributed by atoms with Crippen molar-refractivity contribution in [2.24, 2.45) is 5.92 Å². The van der Waals surface area contributed by atoms with Crippen LogP contribution in [-0.4, -0.2) is 48.6 Å². The summed E-state index contributed by atoms with van der Waals surface area (Å²) in [5.41, 5.74) is 2.14. The summed E-state index contributed by atoms with van der Waals surface area (Å²) >= 11 is 5.86. The number of imide groups is 1. The van der Waals surface area contributed by atoms with Gasteiger partial charge in [0.25, 0.3) is 11.8 Å². The lowest BCUT2D eigenvalue weighted by atomic mass is 9.77. The third kappa shape index (κ3) is 3.80. The average Bonchev–Trinajstić information content (AvgIpc) is 3.24. The van der Waals surface area contributed by atoms with Gasteiger partial charge in [-0.2, -0.15) is 9.81 Å². The second-order valence-corrected chi connectivity index (χ2v) is 7.96. The Morgan fingerprint density at radius 3 is 2.66 bits per heavy atom. The van der Waals surface area contributed by atoms with Crippen LogP contribution in [0.2, 0.25) is 5.02 Å². The largest absolute Gasteiger partial charge is 0.344 e. The van der Waals surface area contributed by atoms with Crippen LogP contribution in [-0.2, 0) is 16.1 Å². The maximum absolute atomic E-state index is 12.8. The number of carbonyl (C=O) groups is 3. The molecule has 0 radical (unpaired) electrons. The molecule has 2 N–H and O–H groups in total. The Morgan fingerprint density at radius 1 is 1.28 bits per heavy atom. The highest BCUT2D eigenvalue weighted by molar-refractivity contribution is 6.30. The Morgan fingerprint density at radius 2 is 1.97 bits per heavy atom. The van der Waals surface area contributed by atoms with Crippen molar-refractivity contribution >= 4 is 29.4 Å². The Hall–Kier alpha value is -3.01. The summed E-state index contributed by atoms with van der Waals surface area (Å²) in [4.78, 5) is 38.5. The van der Waals surface area contributed by atoms with E-state index in [1.807, 2.05) is 0 Å². The summed E-state index contributed by atoms with van der Waals surface area (Å²) in [7, 11) is 0. The molecule has 152 valence electrons. The van der Waals surface area contributed by atoms with Crippen LogP contribution in [0.25, 0.3) is 11.4 Å². The van der Waals surface area contributed by atoms with Gasteiger partial charge in [-0.25, -0.2) is 4.79 Å². The molecule has 0 bridgehead atoms. The number of carbonyl (C=O) groups excluding carboxylic acids is 3. The molecule has 0 atom stereocenters. The lowest BCUT2D eigenvalue weighted by Gasteiger charge is -2.33. The van der Waals surface area contributed by atoms with Crippen molar-refractivity contribution in [3.8, 4) is 11.4 Å². The summed E-state index contributed by atoms with van der Waals surface area (Å²) in [5, 5.41) is 16.0. The Labute approximate surface area is 171 Å². The van der Waals surface area contributed by atoms with Crippen molar-refractivity contribution in [2.75, 3.05) is 0 Å². The first-order valence-corrected chi connectivity index (χ1v) is 9.74. The van der Waals surface area contributed by atoms with Gasteiger partial charge >= 0.3 is 6.03 Å². The van der Waals surface area contributed by atoms with Crippen molar-refractivity contribution in [2.45, 2.75) is 44.7 Å². The molecule has 4 amide bonds. The highest BCUT2D eigenvalue weighted by Gasteiger charge is 2.52. The monoisotopic (exact) mass is 417 g/mol. The minimum absolute atomic E-state index is 0.290. The zero-order valence-corrected chi connectivity index (χ0v) is 16.5. The van der Waals surface area contributed by atoms with Gasteiger partial charge in [-0.1, -0.05) is 18.5 Å². The molecule has 29 heavy (non-hydrogen) atoms. The van der Waals surface area contributed by atoms with Gasteiger partial charge < -0.3 is 5.32 Å². The number of rotatable bonds is 4. The van der Waals surface area contributed by atoms with E-state index >= 15 is 0 Å². The first kappa shape index (κ1) is 19.3. The van der Waals surface area contributed by atoms with Crippen molar-refractivity contribution in [3.63, 3.8) is 0 Å². The van der Waals surface area contributed by atoms with Crippen LogP contribution in [0.4, 0.5) is 4.79 Å². The van der Waals surface area contributed by atoms with E-state index in [4.69, 9.17) is 11.6 Å². The average molecular weight is 418 g/mol. The second-order valence-electron chi connectivity index (χ2n) is 7.52. The number of urea groups is 1. The molecule has 10 nitrogen and oxygen atoms in total. The molecule has 2 aromatic rings. The Balaban J connectivity index is 1.39. The molecular formula is C18H20ClN7O3. The van der Waals surface area contributed by atoms with Crippen LogP contribution < -0.4 is 10.7 Å². The number of benzene rings is 1. The third-order valence-electron chi connectivity index (χ3n) is 5.37. The van der Waals surface area contributed by atoms with Gasteiger partial charge in [-0.15, -0.1) is 10.2 Å². The molecule has 1 aromatic heterocycles. The molecule has 1 spiro atoms. The van der Waals surface area contributed by atoms with Crippen LogP contribution in [0.3, 0.4) is 0 Å². The second kappa shape index (κ2) is 7.43. The van der Waals surface area contributed by atoms with E-state index in [9.17, 15) is 14.4 Å². The molecule has 1 aliphatic heterocycles. The summed E-state index contributed by atoms with van der Waals surface area (Å²) < 4.78 is 0. The van der Waals surface area contributed by atoms with Crippen LogP contribution in [0.5, 0.6) is 0 Å². The fourth-order valence-electron chi connectivity index (χ4n) is 3.63. The first-order valence-electron chi connectivity index (χ1n) is 9.36. The normalized spacial score (nSPS) is 24.1. The van der Waals surface area contributed by atoms with Gasteiger partial charge in [0.2, 0.25) is 5.82 Å². The van der Waals surface area contributed by atoms with E-state index in [0.29, 0.717) is 35.2 Å². The van der Waals surface area contributed by atoms with E-state index in [-0.39, 0.29) is 6.54 Å². The van der Waals surface area contributed by atoms with Crippen molar-refractivity contribution in [3.05, 3.63) is 29.3 Å². The molecular weight excluding hydrogens is 398 g/mol. The molecule has 4 rings (SSSR count). The number of tetrazole rings is 1. The molecule has 1 aliphatic carbocycles. The van der Waals surface area contributed by atoms with Gasteiger partial charge in [0.15, 0.2) is 0 Å². The standard InChI is InChI=1S/C18H20ClN7O3/c1-11-6-8-18(9-7-11)16(28)26(17(29)20-18)22-14(27)10-25-23-15(21-24-25)12-2-4-13(19)5-3-12/h2-5,11H,6-10H2,1H3,(H,20,29)(H,22,27). The van der Waals surface area contributed by atoms with Crippen LogP contribution in [0, 0.1) is 5.92 Å². The molecule has 2 aliphatic rings. The van der Waals surface area contributed by atoms with Crippen molar-refractivity contribution < 1.29 is 14.4 Å².